The van der Waals surface area contributed by atoms with Gasteiger partial charge in [0.25, 0.3) is 0 Å². The normalized spacial score (nSPS) is 10.9. The van der Waals surface area contributed by atoms with Gasteiger partial charge in [-0.05, 0) is 29.3 Å². The molecule has 0 aromatic heterocycles. The van der Waals surface area contributed by atoms with E-state index in [1.165, 1.54) is 6.07 Å². The first-order valence-electron chi connectivity index (χ1n) is 3.81. The fourth-order valence-corrected chi connectivity index (χ4v) is 1.28. The molecule has 0 fully saturated rings. The van der Waals surface area contributed by atoms with Gasteiger partial charge in [0.1, 0.15) is 0 Å². The summed E-state index contributed by atoms with van der Waals surface area (Å²) in [4.78, 5) is 2.45. The van der Waals surface area contributed by atoms with Crippen LogP contribution in [0.2, 0.25) is 5.02 Å². The first kappa shape index (κ1) is 11.7. The van der Waals surface area contributed by atoms with E-state index in [-0.39, 0.29) is 17.1 Å². The fraction of sp³-hybridized carbons (Fsp3) is 0.250. The molecule has 0 unspecified atom stereocenters. The highest BCUT2D eigenvalue weighted by molar-refractivity contribution is 6.30. The van der Waals surface area contributed by atoms with Crippen molar-refractivity contribution in [1.29, 1.82) is 0 Å². The lowest BCUT2D eigenvalue weighted by Crippen LogP contribution is -2.05. The van der Waals surface area contributed by atoms with E-state index in [0.717, 1.165) is 12.1 Å². The molecule has 0 bridgehead atoms. The van der Waals surface area contributed by atoms with Gasteiger partial charge in [-0.15, -0.1) is 0 Å². The van der Waals surface area contributed by atoms with Crippen molar-refractivity contribution in [2.75, 3.05) is 0 Å². The largest absolute Gasteiger partial charge is 0.416 e. The Labute approximate surface area is 88.1 Å². The molecular formula is C8H5ClF3N3. The predicted octanol–water partition coefficient (Wildman–Crippen LogP) is 4.17. The first-order valence-corrected chi connectivity index (χ1v) is 4.19. The monoisotopic (exact) mass is 235 g/mol. The second-order valence-corrected chi connectivity index (χ2v) is 3.17. The molecule has 0 amide bonds. The van der Waals surface area contributed by atoms with Crippen LogP contribution < -0.4 is 0 Å². The maximum Gasteiger partial charge on any atom is 0.416 e. The lowest BCUT2D eigenvalue weighted by molar-refractivity contribution is -0.137. The number of rotatable bonds is 2. The smallest absolute Gasteiger partial charge is 0.166 e. The molecule has 0 N–H and O–H groups in total. The zero-order valence-electron chi connectivity index (χ0n) is 7.29. The first-order chi connectivity index (χ1) is 6.93. The van der Waals surface area contributed by atoms with Gasteiger partial charge in [-0.2, -0.15) is 13.2 Å². The summed E-state index contributed by atoms with van der Waals surface area (Å²) in [6.45, 7) is -0.153. The van der Waals surface area contributed by atoms with Crippen molar-refractivity contribution in [2.24, 2.45) is 5.11 Å². The Morgan fingerprint density at radius 2 is 2.00 bits per heavy atom. The Morgan fingerprint density at radius 3 is 2.53 bits per heavy atom. The van der Waals surface area contributed by atoms with Crippen molar-refractivity contribution in [3.63, 3.8) is 0 Å². The minimum absolute atomic E-state index is 0.0343. The molecule has 7 heteroatoms. The third kappa shape index (κ3) is 3.34. The van der Waals surface area contributed by atoms with Crippen LogP contribution in [0.25, 0.3) is 10.4 Å². The minimum atomic E-state index is -4.45. The van der Waals surface area contributed by atoms with Gasteiger partial charge in [0.05, 0.1) is 12.1 Å². The van der Waals surface area contributed by atoms with E-state index in [1.807, 2.05) is 0 Å². The van der Waals surface area contributed by atoms with Gasteiger partial charge in [0.15, 0.2) is 0 Å². The van der Waals surface area contributed by atoms with E-state index in [4.69, 9.17) is 17.1 Å². The number of benzene rings is 1. The van der Waals surface area contributed by atoms with Crippen molar-refractivity contribution < 1.29 is 13.2 Å². The Balaban J connectivity index is 3.10. The summed E-state index contributed by atoms with van der Waals surface area (Å²) in [5.41, 5.74) is 7.41. The van der Waals surface area contributed by atoms with E-state index in [0.29, 0.717) is 0 Å². The Bertz CT molecular complexity index is 410. The molecule has 0 atom stereocenters. The third-order valence-corrected chi connectivity index (χ3v) is 1.82. The van der Waals surface area contributed by atoms with E-state index >= 15 is 0 Å². The van der Waals surface area contributed by atoms with Crippen molar-refractivity contribution >= 4 is 11.6 Å². The summed E-state index contributed by atoms with van der Waals surface area (Å²) in [5.74, 6) is 0. The molecule has 15 heavy (non-hydrogen) atoms. The quantitative estimate of drug-likeness (QED) is 0.420. The SMILES string of the molecule is [N-]=[N+]=NCc1cc(Cl)cc(C(F)(F)F)c1. The number of azide groups is 1. The van der Waals surface area contributed by atoms with Crippen LogP contribution in [0.15, 0.2) is 23.3 Å². The molecule has 80 valence electrons. The number of hydrogen-bond acceptors (Lipinski definition) is 1. The molecule has 3 nitrogen and oxygen atoms in total. The zero-order valence-corrected chi connectivity index (χ0v) is 8.05. The van der Waals surface area contributed by atoms with Crippen LogP contribution in [0.3, 0.4) is 0 Å². The highest BCUT2D eigenvalue weighted by Crippen LogP contribution is 2.31. The molecule has 0 radical (unpaired) electrons. The van der Waals surface area contributed by atoms with E-state index in [2.05, 4.69) is 10.0 Å². The highest BCUT2D eigenvalue weighted by atomic mass is 35.5. The number of halogens is 4. The van der Waals surface area contributed by atoms with Gasteiger partial charge in [-0.3, -0.25) is 0 Å². The number of nitrogens with zero attached hydrogens (tertiary/aromatic N) is 3. The molecule has 0 saturated carbocycles. The van der Waals surface area contributed by atoms with E-state index < -0.39 is 11.7 Å². The predicted molar refractivity (Wildman–Crippen MR) is 49.3 cm³/mol. The summed E-state index contributed by atoms with van der Waals surface area (Å²) in [5, 5.41) is 3.13. The van der Waals surface area contributed by atoms with Crippen LogP contribution in [0.5, 0.6) is 0 Å². The maximum absolute atomic E-state index is 12.3. The van der Waals surface area contributed by atoms with Gasteiger partial charge in [0.2, 0.25) is 0 Å². The summed E-state index contributed by atoms with van der Waals surface area (Å²) >= 11 is 5.50. The number of alkyl halides is 3. The standard InChI is InChI=1S/C8H5ClF3N3/c9-7-2-5(4-14-15-13)1-6(3-7)8(10,11)12/h1-3H,4H2. The number of hydrogen-bond donors (Lipinski definition) is 0. The molecule has 0 aliphatic carbocycles. The van der Waals surface area contributed by atoms with Crippen molar-refractivity contribution in [3.8, 4) is 0 Å². The lowest BCUT2D eigenvalue weighted by atomic mass is 10.1. The van der Waals surface area contributed by atoms with Crippen molar-refractivity contribution in [3.05, 3.63) is 44.8 Å². The summed E-state index contributed by atoms with van der Waals surface area (Å²) in [6.07, 6.45) is -4.45. The van der Waals surface area contributed by atoms with Crippen molar-refractivity contribution in [1.82, 2.24) is 0 Å². The van der Waals surface area contributed by atoms with Gasteiger partial charge >= 0.3 is 6.18 Å². The summed E-state index contributed by atoms with van der Waals surface area (Å²) in [6, 6.07) is 3.05. The average Bonchev–Trinajstić information content (AvgIpc) is 2.12. The van der Waals surface area contributed by atoms with Gasteiger partial charge in [-0.25, -0.2) is 0 Å². The van der Waals surface area contributed by atoms with Gasteiger partial charge < -0.3 is 0 Å². The molecule has 1 aromatic rings. The van der Waals surface area contributed by atoms with Crippen LogP contribution in [0.4, 0.5) is 13.2 Å². The third-order valence-electron chi connectivity index (χ3n) is 1.60. The molecule has 0 spiro atoms. The molecule has 0 saturated heterocycles. The summed E-state index contributed by atoms with van der Waals surface area (Å²) in [7, 11) is 0. The topological polar surface area (TPSA) is 48.8 Å². The molecule has 1 rings (SSSR count). The molecule has 0 aliphatic rings. The second kappa shape index (κ2) is 4.42. The van der Waals surface area contributed by atoms with Crippen LogP contribution >= 0.6 is 11.6 Å². The molecule has 0 heterocycles. The molecular weight excluding hydrogens is 231 g/mol. The van der Waals surface area contributed by atoms with E-state index in [9.17, 15) is 13.2 Å². The Hall–Kier alpha value is -1.39. The lowest BCUT2D eigenvalue weighted by Gasteiger charge is -2.08. The van der Waals surface area contributed by atoms with Gasteiger partial charge in [-0.1, -0.05) is 16.7 Å². The van der Waals surface area contributed by atoms with Crippen molar-refractivity contribution in [2.45, 2.75) is 12.7 Å². The van der Waals surface area contributed by atoms with Gasteiger partial charge in [0, 0.05) is 9.93 Å². The second-order valence-electron chi connectivity index (χ2n) is 2.73. The fourth-order valence-electron chi connectivity index (χ4n) is 1.02. The molecule has 0 aliphatic heterocycles. The van der Waals surface area contributed by atoms with E-state index in [1.54, 1.807) is 0 Å². The average molecular weight is 236 g/mol. The summed E-state index contributed by atoms with van der Waals surface area (Å²) < 4.78 is 36.9. The van der Waals surface area contributed by atoms with Crippen LogP contribution in [-0.4, -0.2) is 0 Å². The van der Waals surface area contributed by atoms with Crippen LogP contribution in [-0.2, 0) is 12.7 Å². The Morgan fingerprint density at radius 1 is 1.33 bits per heavy atom. The van der Waals surface area contributed by atoms with Crippen LogP contribution in [0.1, 0.15) is 11.1 Å². The minimum Gasteiger partial charge on any atom is -0.166 e. The zero-order chi connectivity index (χ0) is 11.5. The Kier molecular flexibility index (Phi) is 3.44. The maximum atomic E-state index is 12.3. The van der Waals surface area contributed by atoms with Crippen LogP contribution in [0, 0.1) is 0 Å². The highest BCUT2D eigenvalue weighted by Gasteiger charge is 2.30. The molecule has 1 aromatic carbocycles.